The number of aromatic nitrogens is 1. The maximum absolute atomic E-state index is 11.1. The molecule has 6 heteroatoms. The number of aryl methyl sites for hydroxylation is 2. The van der Waals surface area contributed by atoms with Crippen LogP contribution in [-0.2, 0) is 13.2 Å². The number of hydrogen-bond donors (Lipinski definition) is 3. The predicted octanol–water partition coefficient (Wildman–Crippen LogP) is 3.68. The first-order valence-corrected chi connectivity index (χ1v) is 9.33. The van der Waals surface area contributed by atoms with Crippen LogP contribution in [0.2, 0.25) is 0 Å². The van der Waals surface area contributed by atoms with E-state index in [0.29, 0.717) is 28.4 Å². The van der Waals surface area contributed by atoms with Gasteiger partial charge >= 0.3 is 0 Å². The summed E-state index contributed by atoms with van der Waals surface area (Å²) >= 11 is 5.59. The molecule has 2 aromatic heterocycles. The van der Waals surface area contributed by atoms with Gasteiger partial charge in [-0.3, -0.25) is 0 Å². The van der Waals surface area contributed by atoms with Gasteiger partial charge in [0.05, 0.1) is 19.4 Å². The lowest BCUT2D eigenvalue weighted by Crippen LogP contribution is -2.41. The maximum Gasteiger partial charge on any atom is 0.288 e. The summed E-state index contributed by atoms with van der Waals surface area (Å²) in [6.07, 6.45) is 5.13. The molecule has 5 nitrogen and oxygen atoms in total. The van der Waals surface area contributed by atoms with Crippen LogP contribution in [0, 0.1) is 13.8 Å². The number of aliphatic hydroxyl groups is 2. The zero-order valence-corrected chi connectivity index (χ0v) is 16.7. The fourth-order valence-electron chi connectivity index (χ4n) is 2.79. The second-order valence-corrected chi connectivity index (χ2v) is 6.94. The van der Waals surface area contributed by atoms with E-state index in [1.807, 2.05) is 44.2 Å². The molecule has 1 aromatic carbocycles. The molecule has 0 aliphatic heterocycles. The van der Waals surface area contributed by atoms with Gasteiger partial charge in [0.1, 0.15) is 5.76 Å². The Kier molecular flexibility index (Phi) is 6.23. The molecule has 0 unspecified atom stereocenters. The molecule has 0 saturated carbocycles. The van der Waals surface area contributed by atoms with Crippen LogP contribution >= 0.6 is 12.2 Å². The van der Waals surface area contributed by atoms with E-state index in [9.17, 15) is 10.2 Å². The third kappa shape index (κ3) is 4.47. The molecule has 0 radical (unpaired) electrons. The highest BCUT2D eigenvalue weighted by Gasteiger charge is 2.24. The van der Waals surface area contributed by atoms with E-state index < -0.39 is 0 Å². The molecule has 0 amide bonds. The van der Waals surface area contributed by atoms with Gasteiger partial charge in [-0.25, -0.2) is 0 Å². The Hall–Kier alpha value is -2.96. The van der Waals surface area contributed by atoms with Crippen molar-refractivity contribution < 1.29 is 19.2 Å². The minimum Gasteiger partial charge on any atom is -0.502 e. The first kappa shape index (κ1) is 19.8. The highest BCUT2D eigenvalue weighted by atomic mass is 32.1. The number of hydrogen-bond acceptors (Lipinski definition) is 4. The summed E-state index contributed by atoms with van der Waals surface area (Å²) in [6, 6.07) is 13.0. The lowest BCUT2D eigenvalue weighted by Gasteiger charge is -2.11. The van der Waals surface area contributed by atoms with Gasteiger partial charge < -0.3 is 19.9 Å². The van der Waals surface area contributed by atoms with Gasteiger partial charge in [0.25, 0.3) is 5.70 Å². The molecule has 28 heavy (non-hydrogen) atoms. The second-order valence-electron chi connectivity index (χ2n) is 6.54. The van der Waals surface area contributed by atoms with E-state index in [1.165, 1.54) is 0 Å². The van der Waals surface area contributed by atoms with Crippen molar-refractivity contribution in [1.29, 1.82) is 0 Å². The van der Waals surface area contributed by atoms with Gasteiger partial charge in [0, 0.05) is 17.2 Å². The van der Waals surface area contributed by atoms with E-state index >= 15 is 0 Å². The Morgan fingerprint density at radius 2 is 1.96 bits per heavy atom. The molecule has 3 rings (SSSR count). The van der Waals surface area contributed by atoms with Gasteiger partial charge in [-0.05, 0) is 49.2 Å². The lowest BCUT2D eigenvalue weighted by molar-refractivity contribution is -0.576. The Labute approximate surface area is 169 Å². The van der Waals surface area contributed by atoms with E-state index in [-0.39, 0.29) is 12.4 Å². The molecule has 0 saturated heterocycles. The third-order valence-electron chi connectivity index (χ3n) is 4.53. The smallest absolute Gasteiger partial charge is 0.288 e. The number of rotatable bonds is 6. The fourth-order valence-corrected chi connectivity index (χ4v) is 3.07. The first-order chi connectivity index (χ1) is 13.5. The van der Waals surface area contributed by atoms with Crippen LogP contribution in [0.5, 0.6) is 0 Å². The monoisotopic (exact) mass is 395 g/mol. The van der Waals surface area contributed by atoms with Crippen molar-refractivity contribution in [1.82, 2.24) is 5.32 Å². The van der Waals surface area contributed by atoms with Crippen LogP contribution in [0.4, 0.5) is 0 Å². The molecule has 0 atom stereocenters. The number of furan rings is 1. The fraction of sp³-hybridized carbons (Fsp3) is 0.182. The number of nitrogens with zero attached hydrogens (tertiary/aromatic N) is 1. The normalized spacial score (nSPS) is 11.8. The van der Waals surface area contributed by atoms with Gasteiger partial charge in [-0.1, -0.05) is 24.4 Å². The van der Waals surface area contributed by atoms with E-state index in [1.54, 1.807) is 35.4 Å². The van der Waals surface area contributed by atoms with Crippen LogP contribution in [-0.4, -0.2) is 15.2 Å². The summed E-state index contributed by atoms with van der Waals surface area (Å²) in [7, 11) is 0. The number of nitrogens with one attached hydrogen (secondary N) is 1. The van der Waals surface area contributed by atoms with Crippen LogP contribution in [0.15, 0.2) is 65.5 Å². The number of aliphatic hydroxyl groups excluding tert-OH is 2. The summed E-state index contributed by atoms with van der Waals surface area (Å²) in [6.45, 7) is 4.31. The summed E-state index contributed by atoms with van der Waals surface area (Å²) in [4.78, 5) is 0.368. The van der Waals surface area contributed by atoms with Crippen LogP contribution < -0.4 is 9.88 Å². The van der Waals surface area contributed by atoms with Crippen molar-refractivity contribution >= 4 is 28.7 Å². The molecule has 144 valence electrons. The van der Waals surface area contributed by atoms with Crippen molar-refractivity contribution in [2.45, 2.75) is 27.0 Å². The molecular weight excluding hydrogens is 372 g/mol. The van der Waals surface area contributed by atoms with Crippen LogP contribution in [0.3, 0.4) is 0 Å². The quantitative estimate of drug-likeness (QED) is 0.257. The van der Waals surface area contributed by atoms with E-state index in [2.05, 4.69) is 5.32 Å². The minimum atomic E-state index is -0.106. The van der Waals surface area contributed by atoms with E-state index in [0.717, 1.165) is 16.9 Å². The Morgan fingerprint density at radius 3 is 2.64 bits per heavy atom. The molecule has 0 spiro atoms. The zero-order chi connectivity index (χ0) is 20.1. The maximum atomic E-state index is 11.1. The summed E-state index contributed by atoms with van der Waals surface area (Å²) in [5.41, 5.74) is 4.03. The highest BCUT2D eigenvalue weighted by Crippen LogP contribution is 2.20. The molecule has 3 N–H and O–H groups in total. The third-order valence-corrected chi connectivity index (χ3v) is 4.86. The SMILES string of the molecule is Cc1ccc(/C(O)=C(/C(=S)NCc2ccco2)[n+]2cccc(CO)c2)cc1C. The van der Waals surface area contributed by atoms with Crippen molar-refractivity contribution in [2.24, 2.45) is 0 Å². The number of pyridine rings is 1. The van der Waals surface area contributed by atoms with Crippen molar-refractivity contribution in [3.8, 4) is 0 Å². The predicted molar refractivity (Wildman–Crippen MR) is 112 cm³/mol. The first-order valence-electron chi connectivity index (χ1n) is 8.92. The average Bonchev–Trinajstić information content (AvgIpc) is 3.22. The van der Waals surface area contributed by atoms with Crippen molar-refractivity contribution in [3.63, 3.8) is 0 Å². The Bertz CT molecular complexity index is 1010. The van der Waals surface area contributed by atoms with Gasteiger partial charge in [0.15, 0.2) is 23.1 Å². The Balaban J connectivity index is 2.04. The van der Waals surface area contributed by atoms with Gasteiger partial charge in [-0.2, -0.15) is 4.57 Å². The second kappa shape index (κ2) is 8.82. The topological polar surface area (TPSA) is 69.5 Å². The lowest BCUT2D eigenvalue weighted by atomic mass is 10.0. The number of thiocarbonyl (C=S) groups is 1. The van der Waals surface area contributed by atoms with Gasteiger partial charge in [-0.15, -0.1) is 0 Å². The molecule has 3 aromatic rings. The molecule has 0 fully saturated rings. The van der Waals surface area contributed by atoms with Crippen molar-refractivity contribution in [3.05, 3.63) is 89.1 Å². The molecular formula is C22H23N2O3S+. The molecule has 2 heterocycles. The largest absolute Gasteiger partial charge is 0.502 e. The van der Waals surface area contributed by atoms with Crippen LogP contribution in [0.25, 0.3) is 11.5 Å². The standard InChI is InChI=1S/C22H22N2O3S/c1-15-7-8-18(11-16(15)2)21(26)20(24-9-3-5-17(13-24)14-25)22(28)23-12-19-6-4-10-27-19/h3-11,13,25H,12,14H2,1-2H3,(H-,23,26,28)/p+1. The number of benzene rings is 1. The molecule has 0 bridgehead atoms. The molecule has 0 aliphatic carbocycles. The minimum absolute atomic E-state index is 0.0557. The Morgan fingerprint density at radius 1 is 1.14 bits per heavy atom. The average molecular weight is 396 g/mol. The zero-order valence-electron chi connectivity index (χ0n) is 15.8. The van der Waals surface area contributed by atoms with Crippen LogP contribution in [0.1, 0.15) is 28.0 Å². The molecule has 0 aliphatic rings. The van der Waals surface area contributed by atoms with E-state index in [4.69, 9.17) is 16.6 Å². The summed E-state index contributed by atoms with van der Waals surface area (Å²) in [5, 5.41) is 23.7. The van der Waals surface area contributed by atoms with Gasteiger partial charge in [0.2, 0.25) is 0 Å². The summed E-state index contributed by atoms with van der Waals surface area (Å²) < 4.78 is 7.06. The summed E-state index contributed by atoms with van der Waals surface area (Å²) in [5.74, 6) is 0.793. The highest BCUT2D eigenvalue weighted by molar-refractivity contribution is 7.81. The van der Waals surface area contributed by atoms with Crippen molar-refractivity contribution in [2.75, 3.05) is 0 Å².